The van der Waals surface area contributed by atoms with Crippen LogP contribution >= 0.6 is 0 Å². The highest BCUT2D eigenvalue weighted by molar-refractivity contribution is 7.89. The van der Waals surface area contributed by atoms with E-state index in [2.05, 4.69) is 5.32 Å². The van der Waals surface area contributed by atoms with Crippen molar-refractivity contribution in [3.8, 4) is 17.2 Å². The molecule has 0 saturated heterocycles. The Labute approximate surface area is 199 Å². The van der Waals surface area contributed by atoms with Gasteiger partial charge in [0.1, 0.15) is 5.75 Å². The highest BCUT2D eigenvalue weighted by Crippen LogP contribution is 2.33. The summed E-state index contributed by atoms with van der Waals surface area (Å²) in [6.45, 7) is 0.455. The molecule has 1 amide bonds. The average molecular weight is 483 g/mol. The second kappa shape index (κ2) is 10.1. The molecule has 34 heavy (non-hydrogen) atoms. The Hall–Kier alpha value is -3.56. The first kappa shape index (κ1) is 23.6. The van der Waals surface area contributed by atoms with Crippen LogP contribution in [0.4, 0.5) is 0 Å². The predicted molar refractivity (Wildman–Crippen MR) is 126 cm³/mol. The Kier molecular flexibility index (Phi) is 7.04. The predicted octanol–water partition coefficient (Wildman–Crippen LogP) is 3.49. The van der Waals surface area contributed by atoms with Gasteiger partial charge in [-0.3, -0.25) is 4.79 Å². The quantitative estimate of drug-likeness (QED) is 0.502. The van der Waals surface area contributed by atoms with E-state index in [1.54, 1.807) is 55.6 Å². The van der Waals surface area contributed by atoms with Crippen LogP contribution in [0.1, 0.15) is 23.6 Å². The van der Waals surface area contributed by atoms with Crippen LogP contribution in [0.15, 0.2) is 77.7 Å². The van der Waals surface area contributed by atoms with E-state index in [-0.39, 0.29) is 30.6 Å². The third kappa shape index (κ3) is 5.16. The van der Waals surface area contributed by atoms with E-state index in [9.17, 15) is 13.2 Å². The van der Waals surface area contributed by atoms with Gasteiger partial charge in [-0.2, -0.15) is 4.31 Å². The van der Waals surface area contributed by atoms with Crippen molar-refractivity contribution in [2.75, 3.05) is 21.0 Å². The van der Waals surface area contributed by atoms with Crippen LogP contribution in [-0.4, -0.2) is 39.6 Å². The number of rotatable bonds is 9. The highest BCUT2D eigenvalue weighted by atomic mass is 32.2. The minimum absolute atomic E-state index is 0.0561. The Morgan fingerprint density at radius 3 is 2.44 bits per heavy atom. The number of amides is 1. The Balaban J connectivity index is 1.53. The van der Waals surface area contributed by atoms with Gasteiger partial charge in [0.25, 0.3) is 0 Å². The van der Waals surface area contributed by atoms with Crippen molar-refractivity contribution in [2.45, 2.75) is 23.9 Å². The zero-order valence-corrected chi connectivity index (χ0v) is 19.7. The molecule has 1 N–H and O–H groups in total. The van der Waals surface area contributed by atoms with Gasteiger partial charge in [-0.25, -0.2) is 8.42 Å². The van der Waals surface area contributed by atoms with E-state index in [0.717, 1.165) is 5.56 Å². The first-order valence-corrected chi connectivity index (χ1v) is 12.1. The zero-order valence-electron chi connectivity index (χ0n) is 18.9. The maximum Gasteiger partial charge on any atom is 0.243 e. The standard InChI is InChI=1S/C25H26N2O6S/c1-27(34(29,30)21-6-4-3-5-7-21)22(19-9-11-20(31-2)12-10-19)15-25(28)26-16-18-8-13-23-24(14-18)33-17-32-23/h3-14,22H,15-17H2,1-2H3,(H,26,28)/t22-/m1/s1. The summed E-state index contributed by atoms with van der Waals surface area (Å²) in [5, 5.41) is 2.88. The summed E-state index contributed by atoms with van der Waals surface area (Å²) in [5.41, 5.74) is 1.53. The summed E-state index contributed by atoms with van der Waals surface area (Å²) in [6.07, 6.45) is -0.0561. The molecule has 0 radical (unpaired) electrons. The fourth-order valence-corrected chi connectivity index (χ4v) is 5.07. The van der Waals surface area contributed by atoms with Gasteiger partial charge in [0, 0.05) is 20.0 Å². The van der Waals surface area contributed by atoms with Gasteiger partial charge in [0.2, 0.25) is 22.7 Å². The van der Waals surface area contributed by atoms with Crippen molar-refractivity contribution in [3.05, 3.63) is 83.9 Å². The largest absolute Gasteiger partial charge is 0.497 e. The van der Waals surface area contributed by atoms with Crippen LogP contribution in [0.5, 0.6) is 17.2 Å². The third-order valence-electron chi connectivity index (χ3n) is 5.67. The van der Waals surface area contributed by atoms with Gasteiger partial charge in [-0.1, -0.05) is 36.4 Å². The maximum atomic E-state index is 13.3. The highest BCUT2D eigenvalue weighted by Gasteiger charge is 2.31. The second-order valence-electron chi connectivity index (χ2n) is 7.79. The number of nitrogens with zero attached hydrogens (tertiary/aromatic N) is 1. The van der Waals surface area contributed by atoms with E-state index in [4.69, 9.17) is 14.2 Å². The molecule has 178 valence electrons. The molecule has 9 heteroatoms. The molecule has 0 saturated carbocycles. The van der Waals surface area contributed by atoms with E-state index in [0.29, 0.717) is 22.8 Å². The zero-order chi connectivity index (χ0) is 24.1. The average Bonchev–Trinajstić information content (AvgIpc) is 3.34. The number of nitrogens with one attached hydrogen (secondary N) is 1. The number of carbonyl (C=O) groups excluding carboxylic acids is 1. The fourth-order valence-electron chi connectivity index (χ4n) is 3.71. The molecule has 3 aromatic carbocycles. The first-order valence-electron chi connectivity index (χ1n) is 10.7. The van der Waals surface area contributed by atoms with Crippen molar-refractivity contribution in [1.29, 1.82) is 0 Å². The van der Waals surface area contributed by atoms with E-state index >= 15 is 0 Å². The van der Waals surface area contributed by atoms with E-state index < -0.39 is 16.1 Å². The van der Waals surface area contributed by atoms with Crippen LogP contribution in [-0.2, 0) is 21.4 Å². The Morgan fingerprint density at radius 2 is 1.74 bits per heavy atom. The van der Waals surface area contributed by atoms with Crippen molar-refractivity contribution < 1.29 is 27.4 Å². The van der Waals surface area contributed by atoms with Crippen LogP contribution in [0.2, 0.25) is 0 Å². The van der Waals surface area contributed by atoms with Gasteiger partial charge >= 0.3 is 0 Å². The van der Waals surface area contributed by atoms with Crippen molar-refractivity contribution in [1.82, 2.24) is 9.62 Å². The fraction of sp³-hybridized carbons (Fsp3) is 0.240. The molecule has 1 aliphatic rings. The molecule has 0 fully saturated rings. The molecular weight excluding hydrogens is 456 g/mol. The first-order chi connectivity index (χ1) is 16.4. The third-order valence-corrected chi connectivity index (χ3v) is 7.55. The number of fused-ring (bicyclic) bond motifs is 1. The molecule has 1 atom stereocenters. The lowest BCUT2D eigenvalue weighted by Crippen LogP contribution is -2.35. The van der Waals surface area contributed by atoms with Crippen LogP contribution in [0, 0.1) is 0 Å². The molecule has 1 aliphatic heterocycles. The number of ether oxygens (including phenoxy) is 3. The molecule has 0 unspecified atom stereocenters. The lowest BCUT2D eigenvalue weighted by molar-refractivity contribution is -0.122. The van der Waals surface area contributed by atoms with Crippen molar-refractivity contribution in [2.24, 2.45) is 0 Å². The molecule has 0 aliphatic carbocycles. The minimum Gasteiger partial charge on any atom is -0.497 e. The number of hydrogen-bond acceptors (Lipinski definition) is 6. The minimum atomic E-state index is -3.83. The number of hydrogen-bond donors (Lipinski definition) is 1. The lowest BCUT2D eigenvalue weighted by Gasteiger charge is -2.28. The number of methoxy groups -OCH3 is 1. The van der Waals surface area contributed by atoms with Crippen LogP contribution in [0.25, 0.3) is 0 Å². The number of benzene rings is 3. The van der Waals surface area contributed by atoms with Gasteiger partial charge < -0.3 is 19.5 Å². The summed E-state index contributed by atoms with van der Waals surface area (Å²) in [6, 6.07) is 19.9. The smallest absolute Gasteiger partial charge is 0.243 e. The van der Waals surface area contributed by atoms with Crippen molar-refractivity contribution in [3.63, 3.8) is 0 Å². The summed E-state index contributed by atoms with van der Waals surface area (Å²) in [4.78, 5) is 13.1. The van der Waals surface area contributed by atoms with E-state index in [1.165, 1.54) is 23.5 Å². The lowest BCUT2D eigenvalue weighted by atomic mass is 10.0. The van der Waals surface area contributed by atoms with Gasteiger partial charge in [0.05, 0.1) is 18.0 Å². The summed E-state index contributed by atoms with van der Waals surface area (Å²) < 4.78 is 43.7. The summed E-state index contributed by atoms with van der Waals surface area (Å²) >= 11 is 0. The van der Waals surface area contributed by atoms with Crippen molar-refractivity contribution >= 4 is 15.9 Å². The van der Waals surface area contributed by atoms with Crippen LogP contribution in [0.3, 0.4) is 0 Å². The topological polar surface area (TPSA) is 94.2 Å². The maximum absolute atomic E-state index is 13.3. The van der Waals surface area contributed by atoms with Gasteiger partial charge in [-0.15, -0.1) is 0 Å². The molecule has 0 spiro atoms. The summed E-state index contributed by atoms with van der Waals surface area (Å²) in [5.74, 6) is 1.66. The summed E-state index contributed by atoms with van der Waals surface area (Å²) in [7, 11) is -0.784. The molecule has 1 heterocycles. The Bertz CT molecular complexity index is 1250. The second-order valence-corrected chi connectivity index (χ2v) is 9.79. The number of carbonyl (C=O) groups is 1. The monoisotopic (exact) mass is 482 g/mol. The number of sulfonamides is 1. The van der Waals surface area contributed by atoms with E-state index in [1.807, 2.05) is 12.1 Å². The SMILES string of the molecule is COc1ccc([C@@H](CC(=O)NCc2ccc3c(c2)OCO3)N(C)S(=O)(=O)c2ccccc2)cc1. The molecule has 8 nitrogen and oxygen atoms in total. The Morgan fingerprint density at radius 1 is 1.03 bits per heavy atom. The molecule has 4 rings (SSSR count). The molecule has 3 aromatic rings. The molecular formula is C25H26N2O6S. The molecule has 0 bridgehead atoms. The van der Waals surface area contributed by atoms with Gasteiger partial charge in [-0.05, 0) is 47.5 Å². The molecule has 0 aromatic heterocycles. The van der Waals surface area contributed by atoms with Gasteiger partial charge in [0.15, 0.2) is 11.5 Å². The normalized spacial score (nSPS) is 13.5. The van der Waals surface area contributed by atoms with Crippen LogP contribution < -0.4 is 19.5 Å².